The van der Waals surface area contributed by atoms with Crippen LogP contribution in [0.1, 0.15) is 19.3 Å². The molecule has 0 aliphatic carbocycles. The van der Waals surface area contributed by atoms with Gasteiger partial charge >= 0.3 is 0 Å². The Kier molecular flexibility index (Phi) is 4.58. The average Bonchev–Trinajstić information content (AvgIpc) is 2.76. The number of anilines is 1. The van der Waals surface area contributed by atoms with E-state index in [0.717, 1.165) is 28.8 Å². The van der Waals surface area contributed by atoms with Gasteiger partial charge in [-0.1, -0.05) is 12.1 Å². The van der Waals surface area contributed by atoms with Crippen molar-refractivity contribution in [3.05, 3.63) is 27.8 Å². The fraction of sp³-hybridized carbons (Fsp3) is 0.533. The molecule has 2 N–H and O–H groups in total. The summed E-state index contributed by atoms with van der Waals surface area (Å²) in [6.45, 7) is 2.51. The number of carbonyl (C=O) groups excluding carboxylic acids is 1. The quantitative estimate of drug-likeness (QED) is 0.784. The molecule has 1 aromatic carbocycles. The van der Waals surface area contributed by atoms with Gasteiger partial charge in [0.05, 0.1) is 12.2 Å². The molecule has 2 saturated heterocycles. The van der Waals surface area contributed by atoms with E-state index in [1.807, 2.05) is 24.3 Å². The third kappa shape index (κ3) is 3.51. The number of halogens is 1. The Morgan fingerprint density at radius 2 is 2.10 bits per heavy atom. The molecule has 1 amide bonds. The van der Waals surface area contributed by atoms with Gasteiger partial charge in [-0.05, 0) is 54.0 Å². The summed E-state index contributed by atoms with van der Waals surface area (Å²) in [5.41, 5.74) is 0.910. The van der Waals surface area contributed by atoms with Crippen LogP contribution in [0.3, 0.4) is 0 Å². The number of carbonyl (C=O) groups is 1. The number of hydrogen-bond donors (Lipinski definition) is 2. The number of para-hydroxylation sites is 1. The van der Waals surface area contributed by atoms with Gasteiger partial charge in [-0.3, -0.25) is 9.69 Å². The van der Waals surface area contributed by atoms with Crippen LogP contribution in [0.4, 0.5) is 5.69 Å². The largest absolute Gasteiger partial charge is 0.324 e. The minimum Gasteiger partial charge on any atom is -0.324 e. The topological polar surface area (TPSA) is 44.4 Å². The monoisotopic (exact) mass is 385 g/mol. The van der Waals surface area contributed by atoms with E-state index in [1.165, 1.54) is 12.8 Å². The van der Waals surface area contributed by atoms with Crippen molar-refractivity contribution in [1.82, 2.24) is 10.2 Å². The van der Waals surface area contributed by atoms with Crippen LogP contribution in [0.25, 0.3) is 0 Å². The van der Waals surface area contributed by atoms with E-state index >= 15 is 0 Å². The molecular weight excluding hydrogens is 365 g/mol. The Balaban J connectivity index is 1.55. The van der Waals surface area contributed by atoms with Crippen molar-refractivity contribution in [3.8, 4) is 0 Å². The summed E-state index contributed by atoms with van der Waals surface area (Å²) in [6, 6.07) is 9.13. The van der Waals surface area contributed by atoms with Crippen molar-refractivity contribution in [2.75, 3.05) is 25.0 Å². The molecular formula is C15H20IN3O. The summed E-state index contributed by atoms with van der Waals surface area (Å²) in [6.07, 6.45) is 3.71. The second-order valence-corrected chi connectivity index (χ2v) is 6.85. The highest BCUT2D eigenvalue weighted by Crippen LogP contribution is 2.21. The maximum Gasteiger partial charge on any atom is 0.238 e. The van der Waals surface area contributed by atoms with Gasteiger partial charge in [-0.25, -0.2) is 0 Å². The lowest BCUT2D eigenvalue weighted by Gasteiger charge is -2.23. The molecule has 3 rings (SSSR count). The molecule has 1 aromatic rings. The number of rotatable bonds is 3. The van der Waals surface area contributed by atoms with E-state index in [-0.39, 0.29) is 5.91 Å². The summed E-state index contributed by atoms with van der Waals surface area (Å²) >= 11 is 2.25. The molecule has 2 bridgehead atoms. The SMILES string of the molecule is O=C(CN1CCC2CCC(C1)N2)Nc1ccccc1I. The zero-order chi connectivity index (χ0) is 13.9. The molecule has 4 nitrogen and oxygen atoms in total. The molecule has 0 radical (unpaired) electrons. The summed E-state index contributed by atoms with van der Waals surface area (Å²) < 4.78 is 1.08. The minimum atomic E-state index is 0.0897. The molecule has 20 heavy (non-hydrogen) atoms. The van der Waals surface area contributed by atoms with Gasteiger partial charge in [0.2, 0.25) is 5.91 Å². The Hall–Kier alpha value is -0.660. The zero-order valence-corrected chi connectivity index (χ0v) is 13.6. The molecule has 2 atom stereocenters. The van der Waals surface area contributed by atoms with Crippen LogP contribution < -0.4 is 10.6 Å². The number of hydrogen-bond acceptors (Lipinski definition) is 3. The molecule has 2 unspecified atom stereocenters. The number of fused-ring (bicyclic) bond motifs is 2. The van der Waals surface area contributed by atoms with Crippen LogP contribution >= 0.6 is 22.6 Å². The van der Waals surface area contributed by atoms with E-state index in [9.17, 15) is 4.79 Å². The third-order valence-electron chi connectivity index (χ3n) is 4.12. The number of nitrogens with zero attached hydrogens (tertiary/aromatic N) is 1. The Morgan fingerprint density at radius 1 is 1.30 bits per heavy atom. The first-order valence-electron chi connectivity index (χ1n) is 7.23. The lowest BCUT2D eigenvalue weighted by atomic mass is 10.1. The predicted molar refractivity (Wildman–Crippen MR) is 88.8 cm³/mol. The van der Waals surface area contributed by atoms with Crippen LogP contribution in [0, 0.1) is 3.57 Å². The minimum absolute atomic E-state index is 0.0897. The molecule has 108 valence electrons. The van der Waals surface area contributed by atoms with Crippen LogP contribution in [0.5, 0.6) is 0 Å². The van der Waals surface area contributed by atoms with Crippen LogP contribution in [0.2, 0.25) is 0 Å². The molecule has 2 aliphatic rings. The van der Waals surface area contributed by atoms with E-state index in [0.29, 0.717) is 18.6 Å². The normalized spacial score (nSPS) is 26.2. The standard InChI is InChI=1S/C15H20IN3O/c16-13-3-1-2-4-14(13)18-15(20)10-19-8-7-11-5-6-12(9-19)17-11/h1-4,11-12,17H,5-10H2,(H,18,20). The fourth-order valence-corrected chi connectivity index (χ4v) is 3.64. The molecule has 0 spiro atoms. The van der Waals surface area contributed by atoms with Gasteiger partial charge in [0.15, 0.2) is 0 Å². The maximum atomic E-state index is 12.2. The fourth-order valence-electron chi connectivity index (χ4n) is 3.11. The molecule has 0 saturated carbocycles. The van der Waals surface area contributed by atoms with E-state index in [2.05, 4.69) is 38.1 Å². The van der Waals surface area contributed by atoms with E-state index in [4.69, 9.17) is 0 Å². The Morgan fingerprint density at radius 3 is 2.95 bits per heavy atom. The average molecular weight is 385 g/mol. The van der Waals surface area contributed by atoms with Crippen molar-refractivity contribution in [3.63, 3.8) is 0 Å². The second-order valence-electron chi connectivity index (χ2n) is 5.69. The number of likely N-dealkylation sites (tertiary alicyclic amines) is 1. The predicted octanol–water partition coefficient (Wildman–Crippen LogP) is 2.06. The first kappa shape index (κ1) is 14.3. The number of amides is 1. The highest BCUT2D eigenvalue weighted by Gasteiger charge is 2.29. The summed E-state index contributed by atoms with van der Waals surface area (Å²) in [4.78, 5) is 14.5. The van der Waals surface area contributed by atoms with Gasteiger partial charge in [0, 0.05) is 28.7 Å². The lowest BCUT2D eigenvalue weighted by molar-refractivity contribution is -0.117. The Bertz CT molecular complexity index is 494. The Labute approximate surface area is 133 Å². The number of nitrogens with one attached hydrogen (secondary N) is 2. The second kappa shape index (κ2) is 6.41. The summed E-state index contributed by atoms with van der Waals surface area (Å²) in [7, 11) is 0. The van der Waals surface area contributed by atoms with Gasteiger partial charge < -0.3 is 10.6 Å². The highest BCUT2D eigenvalue weighted by atomic mass is 127. The molecule has 5 heteroatoms. The molecule has 2 aliphatic heterocycles. The first-order chi connectivity index (χ1) is 9.70. The van der Waals surface area contributed by atoms with Crippen LogP contribution in [0.15, 0.2) is 24.3 Å². The highest BCUT2D eigenvalue weighted by molar-refractivity contribution is 14.1. The van der Waals surface area contributed by atoms with Crippen molar-refractivity contribution in [2.45, 2.75) is 31.3 Å². The van der Waals surface area contributed by atoms with Crippen molar-refractivity contribution in [2.24, 2.45) is 0 Å². The summed E-state index contributed by atoms with van der Waals surface area (Å²) in [5.74, 6) is 0.0897. The third-order valence-corrected chi connectivity index (χ3v) is 5.06. The van der Waals surface area contributed by atoms with Gasteiger partial charge in [-0.2, -0.15) is 0 Å². The summed E-state index contributed by atoms with van der Waals surface area (Å²) in [5, 5.41) is 6.65. The maximum absolute atomic E-state index is 12.2. The van der Waals surface area contributed by atoms with Crippen LogP contribution in [-0.4, -0.2) is 42.5 Å². The van der Waals surface area contributed by atoms with Gasteiger partial charge in [0.25, 0.3) is 0 Å². The van der Waals surface area contributed by atoms with Gasteiger partial charge in [0.1, 0.15) is 0 Å². The molecule has 0 aromatic heterocycles. The smallest absolute Gasteiger partial charge is 0.238 e. The number of benzene rings is 1. The lowest BCUT2D eigenvalue weighted by Crippen LogP contribution is -2.39. The van der Waals surface area contributed by atoms with Crippen molar-refractivity contribution >= 4 is 34.2 Å². The van der Waals surface area contributed by atoms with Crippen LogP contribution in [-0.2, 0) is 4.79 Å². The molecule has 2 fully saturated rings. The van der Waals surface area contributed by atoms with E-state index < -0.39 is 0 Å². The van der Waals surface area contributed by atoms with Crippen molar-refractivity contribution in [1.29, 1.82) is 0 Å². The van der Waals surface area contributed by atoms with E-state index in [1.54, 1.807) is 0 Å². The van der Waals surface area contributed by atoms with Crippen molar-refractivity contribution < 1.29 is 4.79 Å². The first-order valence-corrected chi connectivity index (χ1v) is 8.31. The molecule has 2 heterocycles. The van der Waals surface area contributed by atoms with Gasteiger partial charge in [-0.15, -0.1) is 0 Å². The zero-order valence-electron chi connectivity index (χ0n) is 11.4.